The van der Waals surface area contributed by atoms with Crippen LogP contribution in [0.1, 0.15) is 29.6 Å². The predicted octanol–water partition coefficient (Wildman–Crippen LogP) is 0.0565. The number of carbonyl (C=O) groups is 2. The van der Waals surface area contributed by atoms with Crippen molar-refractivity contribution in [3.63, 3.8) is 0 Å². The second-order valence-electron chi connectivity index (χ2n) is 5.92. The first-order chi connectivity index (χ1) is 11.2. The molecule has 1 aromatic heterocycles. The quantitative estimate of drug-likeness (QED) is 0.822. The Hall–Kier alpha value is -2.46. The van der Waals surface area contributed by atoms with Crippen molar-refractivity contribution in [1.29, 1.82) is 5.26 Å². The highest BCUT2D eigenvalue weighted by Gasteiger charge is 2.37. The normalized spacial score (nSPS) is 26.7. The maximum absolute atomic E-state index is 12.5. The van der Waals surface area contributed by atoms with Gasteiger partial charge >= 0.3 is 0 Å². The lowest BCUT2D eigenvalue weighted by Crippen LogP contribution is -2.45. The van der Waals surface area contributed by atoms with E-state index in [0.717, 1.165) is 12.8 Å². The molecule has 0 aliphatic carbocycles. The van der Waals surface area contributed by atoms with Crippen molar-refractivity contribution in [3.05, 3.63) is 30.1 Å². The van der Waals surface area contributed by atoms with Crippen LogP contribution < -0.4 is 10.6 Å². The van der Waals surface area contributed by atoms with Crippen LogP contribution in [0.25, 0.3) is 0 Å². The fourth-order valence-electron chi connectivity index (χ4n) is 3.17. The number of carbonyl (C=O) groups excluding carboxylic acids is 2. The Kier molecular flexibility index (Phi) is 4.53. The van der Waals surface area contributed by atoms with E-state index in [0.29, 0.717) is 25.1 Å². The van der Waals surface area contributed by atoms with Crippen LogP contribution in [0, 0.1) is 11.3 Å². The van der Waals surface area contributed by atoms with Crippen molar-refractivity contribution in [2.45, 2.75) is 37.4 Å². The number of rotatable bonds is 3. The molecular formula is C16H19N5O2. The van der Waals surface area contributed by atoms with Crippen molar-refractivity contribution in [3.8, 4) is 6.07 Å². The molecule has 2 N–H and O–H groups in total. The van der Waals surface area contributed by atoms with Gasteiger partial charge in [0.25, 0.3) is 5.91 Å². The number of hydrogen-bond acceptors (Lipinski definition) is 5. The molecule has 0 bridgehead atoms. The number of likely N-dealkylation sites (tertiary alicyclic amines) is 1. The van der Waals surface area contributed by atoms with Gasteiger partial charge in [-0.15, -0.1) is 0 Å². The van der Waals surface area contributed by atoms with Crippen LogP contribution in [0.2, 0.25) is 0 Å². The third-order valence-electron chi connectivity index (χ3n) is 4.39. The van der Waals surface area contributed by atoms with Gasteiger partial charge in [0.05, 0.1) is 12.1 Å². The SMILES string of the molecule is N#C[C@@H]1CCCN1C(=O)C1CC(NC(=O)c2ccncc2)CN1. The Labute approximate surface area is 134 Å². The lowest BCUT2D eigenvalue weighted by atomic mass is 10.1. The molecule has 2 aliphatic heterocycles. The van der Waals surface area contributed by atoms with Gasteiger partial charge in [0.15, 0.2) is 0 Å². The average Bonchev–Trinajstić information content (AvgIpc) is 3.24. The molecule has 2 amide bonds. The minimum absolute atomic E-state index is 0.0327. The van der Waals surface area contributed by atoms with Crippen LogP contribution in [0.15, 0.2) is 24.5 Å². The van der Waals surface area contributed by atoms with Gasteiger partial charge in [-0.2, -0.15) is 5.26 Å². The number of nitriles is 1. The minimum Gasteiger partial charge on any atom is -0.348 e. The van der Waals surface area contributed by atoms with Crippen LogP contribution >= 0.6 is 0 Å². The Bertz CT molecular complexity index is 627. The monoisotopic (exact) mass is 313 g/mol. The third-order valence-corrected chi connectivity index (χ3v) is 4.39. The van der Waals surface area contributed by atoms with Crippen molar-refractivity contribution in [2.24, 2.45) is 0 Å². The van der Waals surface area contributed by atoms with Crippen LogP contribution in [-0.4, -0.2) is 52.9 Å². The molecule has 3 rings (SSSR count). The summed E-state index contributed by atoms with van der Waals surface area (Å²) in [7, 11) is 0. The van der Waals surface area contributed by atoms with E-state index in [4.69, 9.17) is 5.26 Å². The minimum atomic E-state index is -0.327. The summed E-state index contributed by atoms with van der Waals surface area (Å²) >= 11 is 0. The number of pyridine rings is 1. The first kappa shape index (κ1) is 15.4. The van der Waals surface area contributed by atoms with E-state index >= 15 is 0 Å². The van der Waals surface area contributed by atoms with Crippen molar-refractivity contribution in [1.82, 2.24) is 20.5 Å². The number of aromatic nitrogens is 1. The van der Waals surface area contributed by atoms with E-state index in [2.05, 4.69) is 21.7 Å². The number of amides is 2. The first-order valence-corrected chi connectivity index (χ1v) is 7.83. The molecular weight excluding hydrogens is 294 g/mol. The molecule has 2 aliphatic rings. The van der Waals surface area contributed by atoms with E-state index in [-0.39, 0.29) is 29.9 Å². The van der Waals surface area contributed by atoms with Gasteiger partial charge in [-0.1, -0.05) is 0 Å². The van der Waals surface area contributed by atoms with Crippen LogP contribution in [0.5, 0.6) is 0 Å². The summed E-state index contributed by atoms with van der Waals surface area (Å²) < 4.78 is 0. The second-order valence-corrected chi connectivity index (χ2v) is 5.92. The van der Waals surface area contributed by atoms with Crippen molar-refractivity contribution in [2.75, 3.05) is 13.1 Å². The highest BCUT2D eigenvalue weighted by atomic mass is 16.2. The van der Waals surface area contributed by atoms with Crippen LogP contribution in [-0.2, 0) is 4.79 Å². The third kappa shape index (κ3) is 3.32. The smallest absolute Gasteiger partial charge is 0.251 e. The molecule has 0 radical (unpaired) electrons. The summed E-state index contributed by atoms with van der Waals surface area (Å²) in [6.45, 7) is 1.20. The van der Waals surface area contributed by atoms with Gasteiger partial charge in [0.1, 0.15) is 6.04 Å². The van der Waals surface area contributed by atoms with E-state index < -0.39 is 0 Å². The molecule has 3 atom stereocenters. The number of nitrogens with zero attached hydrogens (tertiary/aromatic N) is 3. The van der Waals surface area contributed by atoms with Gasteiger partial charge in [0, 0.05) is 37.1 Å². The van der Waals surface area contributed by atoms with E-state index in [1.54, 1.807) is 29.4 Å². The molecule has 2 saturated heterocycles. The zero-order chi connectivity index (χ0) is 16.2. The molecule has 23 heavy (non-hydrogen) atoms. The summed E-state index contributed by atoms with van der Waals surface area (Å²) in [6, 6.07) is 4.77. The molecule has 1 aromatic rings. The van der Waals surface area contributed by atoms with E-state index in [1.807, 2.05) is 0 Å². The Balaban J connectivity index is 1.55. The molecule has 0 aromatic carbocycles. The standard InChI is InChI=1S/C16H19N5O2/c17-9-13-2-1-7-21(13)16(23)14-8-12(10-19-14)20-15(22)11-3-5-18-6-4-11/h3-6,12-14,19H,1-2,7-8,10H2,(H,20,22)/t12?,13-,14?/m0/s1. The van der Waals surface area contributed by atoms with Gasteiger partial charge in [0.2, 0.25) is 5.91 Å². The van der Waals surface area contributed by atoms with Gasteiger partial charge in [-0.05, 0) is 31.4 Å². The first-order valence-electron chi connectivity index (χ1n) is 7.83. The predicted molar refractivity (Wildman–Crippen MR) is 82.2 cm³/mol. The lowest BCUT2D eigenvalue weighted by molar-refractivity contribution is -0.133. The lowest BCUT2D eigenvalue weighted by Gasteiger charge is -2.23. The molecule has 0 spiro atoms. The second kappa shape index (κ2) is 6.75. The number of hydrogen-bond donors (Lipinski definition) is 2. The highest BCUT2D eigenvalue weighted by Crippen LogP contribution is 2.20. The fraction of sp³-hybridized carbons (Fsp3) is 0.500. The molecule has 3 heterocycles. The Morgan fingerprint density at radius 2 is 2.17 bits per heavy atom. The zero-order valence-corrected chi connectivity index (χ0v) is 12.7. The molecule has 120 valence electrons. The maximum atomic E-state index is 12.5. The zero-order valence-electron chi connectivity index (χ0n) is 12.7. The summed E-state index contributed by atoms with van der Waals surface area (Å²) in [6.07, 6.45) is 5.31. The van der Waals surface area contributed by atoms with Crippen molar-refractivity contribution < 1.29 is 9.59 Å². The largest absolute Gasteiger partial charge is 0.348 e. The summed E-state index contributed by atoms with van der Waals surface area (Å²) in [5.41, 5.74) is 0.555. The van der Waals surface area contributed by atoms with E-state index in [1.165, 1.54) is 0 Å². The molecule has 2 unspecified atom stereocenters. The van der Waals surface area contributed by atoms with Gasteiger partial charge < -0.3 is 15.5 Å². The van der Waals surface area contributed by atoms with Gasteiger partial charge in [-0.25, -0.2) is 0 Å². The average molecular weight is 313 g/mol. The van der Waals surface area contributed by atoms with Crippen molar-refractivity contribution >= 4 is 11.8 Å². The molecule has 7 nitrogen and oxygen atoms in total. The summed E-state index contributed by atoms with van der Waals surface area (Å²) in [4.78, 5) is 30.2. The Morgan fingerprint density at radius 3 is 2.91 bits per heavy atom. The van der Waals surface area contributed by atoms with Gasteiger partial charge in [-0.3, -0.25) is 14.6 Å². The molecule has 0 saturated carbocycles. The topological polar surface area (TPSA) is 98.1 Å². The fourth-order valence-corrected chi connectivity index (χ4v) is 3.17. The molecule has 2 fully saturated rings. The highest BCUT2D eigenvalue weighted by molar-refractivity contribution is 5.94. The van der Waals surface area contributed by atoms with Crippen LogP contribution in [0.4, 0.5) is 0 Å². The summed E-state index contributed by atoms with van der Waals surface area (Å²) in [5, 5.41) is 15.2. The molecule has 7 heteroatoms. The maximum Gasteiger partial charge on any atom is 0.251 e. The Morgan fingerprint density at radius 1 is 1.39 bits per heavy atom. The number of nitrogens with one attached hydrogen (secondary N) is 2. The van der Waals surface area contributed by atoms with Crippen LogP contribution in [0.3, 0.4) is 0 Å². The van der Waals surface area contributed by atoms with E-state index in [9.17, 15) is 9.59 Å². The summed E-state index contributed by atoms with van der Waals surface area (Å²) in [5.74, 6) is -0.196.